The van der Waals surface area contributed by atoms with Gasteiger partial charge in [0.1, 0.15) is 6.10 Å². The standard InChI is InChI=1S/C34H68O2/c1-3-5-7-9-11-13-15-17-19-21-23-25-27-29-31-33(35)34(36)32-30-28-26-24-22-20-18-16-14-12-10-8-6-4-2/h33,35H,3-32H2,1-2H3. The van der Waals surface area contributed by atoms with Crippen LogP contribution in [0.2, 0.25) is 0 Å². The molecule has 0 heterocycles. The highest BCUT2D eigenvalue weighted by molar-refractivity contribution is 5.82. The van der Waals surface area contributed by atoms with Crippen molar-refractivity contribution in [3.8, 4) is 0 Å². The number of carbonyl (C=O) groups excluding carboxylic acids is 1. The van der Waals surface area contributed by atoms with Gasteiger partial charge in [0.05, 0.1) is 0 Å². The van der Waals surface area contributed by atoms with Crippen molar-refractivity contribution in [2.24, 2.45) is 0 Å². The molecular formula is C34H68O2. The highest BCUT2D eigenvalue weighted by Gasteiger charge is 2.13. The summed E-state index contributed by atoms with van der Waals surface area (Å²) in [6.07, 6.45) is 38.0. The van der Waals surface area contributed by atoms with Crippen LogP contribution in [0.15, 0.2) is 0 Å². The summed E-state index contributed by atoms with van der Waals surface area (Å²) in [6, 6.07) is 0. The zero-order valence-corrected chi connectivity index (χ0v) is 25.1. The van der Waals surface area contributed by atoms with Gasteiger partial charge in [-0.05, 0) is 12.8 Å². The lowest BCUT2D eigenvalue weighted by molar-refractivity contribution is -0.127. The number of ketones is 1. The molecule has 0 fully saturated rings. The molecule has 36 heavy (non-hydrogen) atoms. The Labute approximate surface area is 228 Å². The van der Waals surface area contributed by atoms with Gasteiger partial charge in [-0.1, -0.05) is 187 Å². The van der Waals surface area contributed by atoms with Gasteiger partial charge in [0.2, 0.25) is 0 Å². The van der Waals surface area contributed by atoms with E-state index in [1.807, 2.05) is 0 Å². The van der Waals surface area contributed by atoms with Gasteiger partial charge in [-0.3, -0.25) is 4.79 Å². The monoisotopic (exact) mass is 509 g/mol. The lowest BCUT2D eigenvalue weighted by Gasteiger charge is -2.09. The van der Waals surface area contributed by atoms with Crippen LogP contribution in [0.25, 0.3) is 0 Å². The van der Waals surface area contributed by atoms with Gasteiger partial charge >= 0.3 is 0 Å². The zero-order valence-electron chi connectivity index (χ0n) is 25.1. The summed E-state index contributed by atoms with van der Waals surface area (Å²) in [5, 5.41) is 10.2. The Morgan fingerprint density at radius 1 is 0.417 bits per heavy atom. The van der Waals surface area contributed by atoms with E-state index in [0.717, 1.165) is 19.3 Å². The van der Waals surface area contributed by atoms with Crippen LogP contribution in [-0.4, -0.2) is 17.0 Å². The smallest absolute Gasteiger partial charge is 0.161 e. The summed E-state index contributed by atoms with van der Waals surface area (Å²) in [6.45, 7) is 4.56. The average molecular weight is 509 g/mol. The molecule has 0 aliphatic heterocycles. The summed E-state index contributed by atoms with van der Waals surface area (Å²) >= 11 is 0. The van der Waals surface area contributed by atoms with E-state index in [9.17, 15) is 9.90 Å². The van der Waals surface area contributed by atoms with E-state index in [1.165, 1.54) is 161 Å². The number of aliphatic hydroxyl groups is 1. The first kappa shape index (κ1) is 35.6. The second-order valence-electron chi connectivity index (χ2n) is 11.7. The maximum atomic E-state index is 12.2. The molecule has 0 aliphatic carbocycles. The molecule has 0 spiro atoms. The molecule has 0 amide bonds. The first-order chi connectivity index (χ1) is 17.7. The fraction of sp³-hybridized carbons (Fsp3) is 0.971. The molecule has 0 saturated heterocycles. The van der Waals surface area contributed by atoms with Crippen LogP contribution in [0, 0.1) is 0 Å². The minimum atomic E-state index is -0.704. The Kier molecular flexibility index (Phi) is 30.5. The average Bonchev–Trinajstić information content (AvgIpc) is 2.88. The van der Waals surface area contributed by atoms with Gasteiger partial charge in [0.15, 0.2) is 5.78 Å². The van der Waals surface area contributed by atoms with Crippen molar-refractivity contribution in [3.63, 3.8) is 0 Å². The molecule has 0 saturated carbocycles. The van der Waals surface area contributed by atoms with Crippen LogP contribution < -0.4 is 0 Å². The molecule has 2 nitrogen and oxygen atoms in total. The van der Waals surface area contributed by atoms with E-state index < -0.39 is 6.10 Å². The second-order valence-corrected chi connectivity index (χ2v) is 11.7. The Balaban J connectivity index is 3.28. The van der Waals surface area contributed by atoms with E-state index >= 15 is 0 Å². The maximum Gasteiger partial charge on any atom is 0.161 e. The molecular weight excluding hydrogens is 440 g/mol. The Morgan fingerprint density at radius 3 is 0.972 bits per heavy atom. The van der Waals surface area contributed by atoms with Crippen molar-refractivity contribution in [3.05, 3.63) is 0 Å². The molecule has 0 rings (SSSR count). The summed E-state index contributed by atoms with van der Waals surface area (Å²) in [5.74, 6) is 0.0867. The van der Waals surface area contributed by atoms with Crippen LogP contribution in [0.4, 0.5) is 0 Å². The molecule has 0 aromatic rings. The molecule has 2 heteroatoms. The number of Topliss-reactive ketones (excluding diaryl/α,β-unsaturated/α-hetero) is 1. The molecule has 0 aliphatic rings. The first-order valence-corrected chi connectivity index (χ1v) is 16.9. The van der Waals surface area contributed by atoms with Gasteiger partial charge in [0.25, 0.3) is 0 Å². The third kappa shape index (κ3) is 28.2. The Hall–Kier alpha value is -0.370. The van der Waals surface area contributed by atoms with Crippen LogP contribution in [0.1, 0.15) is 206 Å². The lowest BCUT2D eigenvalue weighted by Crippen LogP contribution is -2.19. The Morgan fingerprint density at radius 2 is 0.667 bits per heavy atom. The van der Waals surface area contributed by atoms with E-state index in [1.54, 1.807) is 0 Å². The fourth-order valence-corrected chi connectivity index (χ4v) is 5.35. The van der Waals surface area contributed by atoms with Crippen molar-refractivity contribution >= 4 is 5.78 Å². The number of aliphatic hydroxyl groups excluding tert-OH is 1. The van der Waals surface area contributed by atoms with Crippen molar-refractivity contribution in [2.45, 2.75) is 213 Å². The van der Waals surface area contributed by atoms with Crippen molar-refractivity contribution < 1.29 is 9.90 Å². The molecule has 0 radical (unpaired) electrons. The number of hydrogen-bond donors (Lipinski definition) is 1. The molecule has 1 atom stereocenters. The highest BCUT2D eigenvalue weighted by atomic mass is 16.3. The molecule has 0 bridgehead atoms. The quantitative estimate of drug-likeness (QED) is 0.0945. The normalized spacial score (nSPS) is 12.3. The van der Waals surface area contributed by atoms with E-state index in [2.05, 4.69) is 13.8 Å². The summed E-state index contributed by atoms with van der Waals surface area (Å²) < 4.78 is 0. The highest BCUT2D eigenvalue weighted by Crippen LogP contribution is 2.16. The van der Waals surface area contributed by atoms with E-state index in [4.69, 9.17) is 0 Å². The fourth-order valence-electron chi connectivity index (χ4n) is 5.35. The van der Waals surface area contributed by atoms with Gasteiger partial charge in [-0.25, -0.2) is 0 Å². The first-order valence-electron chi connectivity index (χ1n) is 16.9. The number of hydrogen-bond acceptors (Lipinski definition) is 2. The third-order valence-corrected chi connectivity index (χ3v) is 7.98. The Bertz CT molecular complexity index is 419. The molecule has 216 valence electrons. The zero-order chi connectivity index (χ0) is 26.4. The summed E-state index contributed by atoms with van der Waals surface area (Å²) in [5.41, 5.74) is 0. The predicted octanol–water partition coefficient (Wildman–Crippen LogP) is 11.7. The molecule has 1 N–H and O–H groups in total. The van der Waals surface area contributed by atoms with Crippen LogP contribution in [-0.2, 0) is 4.79 Å². The van der Waals surface area contributed by atoms with Crippen LogP contribution >= 0.6 is 0 Å². The van der Waals surface area contributed by atoms with Crippen molar-refractivity contribution in [2.75, 3.05) is 0 Å². The lowest BCUT2D eigenvalue weighted by atomic mass is 10.00. The summed E-state index contributed by atoms with van der Waals surface area (Å²) in [4.78, 5) is 12.2. The minimum Gasteiger partial charge on any atom is -0.385 e. The number of rotatable bonds is 31. The topological polar surface area (TPSA) is 37.3 Å². The van der Waals surface area contributed by atoms with Crippen LogP contribution in [0.3, 0.4) is 0 Å². The van der Waals surface area contributed by atoms with Crippen molar-refractivity contribution in [1.82, 2.24) is 0 Å². The van der Waals surface area contributed by atoms with Gasteiger partial charge in [-0.15, -0.1) is 0 Å². The maximum absolute atomic E-state index is 12.2. The second kappa shape index (κ2) is 30.9. The van der Waals surface area contributed by atoms with E-state index in [-0.39, 0.29) is 5.78 Å². The van der Waals surface area contributed by atoms with Gasteiger partial charge < -0.3 is 5.11 Å². The van der Waals surface area contributed by atoms with Crippen molar-refractivity contribution in [1.29, 1.82) is 0 Å². The molecule has 1 unspecified atom stereocenters. The molecule has 0 aromatic heterocycles. The molecule has 0 aromatic carbocycles. The van der Waals surface area contributed by atoms with Gasteiger partial charge in [0, 0.05) is 6.42 Å². The number of unbranched alkanes of at least 4 members (excludes halogenated alkanes) is 26. The third-order valence-electron chi connectivity index (χ3n) is 7.98. The largest absolute Gasteiger partial charge is 0.385 e. The number of carbonyl (C=O) groups is 1. The van der Waals surface area contributed by atoms with Gasteiger partial charge in [-0.2, -0.15) is 0 Å². The minimum absolute atomic E-state index is 0.0867. The van der Waals surface area contributed by atoms with E-state index in [0.29, 0.717) is 12.8 Å². The predicted molar refractivity (Wildman–Crippen MR) is 161 cm³/mol. The van der Waals surface area contributed by atoms with Crippen LogP contribution in [0.5, 0.6) is 0 Å². The summed E-state index contributed by atoms with van der Waals surface area (Å²) in [7, 11) is 0. The SMILES string of the molecule is CCCCCCCCCCCCCCCCC(=O)C(O)CCCCCCCCCCCCCCCC.